The van der Waals surface area contributed by atoms with Gasteiger partial charge < -0.3 is 10.8 Å². The zero-order chi connectivity index (χ0) is 10.1. The predicted molar refractivity (Wildman–Crippen MR) is 50.2 cm³/mol. The molecule has 0 fully saturated rings. The summed E-state index contributed by atoms with van der Waals surface area (Å²) in [5.74, 6) is -0.0511. The van der Waals surface area contributed by atoms with Gasteiger partial charge in [-0.15, -0.1) is 0 Å². The van der Waals surface area contributed by atoms with E-state index in [-0.39, 0.29) is 11.3 Å². The minimum Gasteiger partial charge on any atom is -0.508 e. The Morgan fingerprint density at radius 3 is 2.46 bits per heavy atom. The van der Waals surface area contributed by atoms with Gasteiger partial charge in [0.15, 0.2) is 5.67 Å². The lowest BCUT2D eigenvalue weighted by Gasteiger charge is -2.25. The molecule has 0 aromatic heterocycles. The van der Waals surface area contributed by atoms with Crippen LogP contribution in [0.1, 0.15) is 19.4 Å². The van der Waals surface area contributed by atoms with Crippen molar-refractivity contribution < 1.29 is 9.50 Å². The van der Waals surface area contributed by atoms with E-state index in [1.54, 1.807) is 25.1 Å². The molecule has 0 aliphatic heterocycles. The second-order valence-electron chi connectivity index (χ2n) is 3.38. The number of halogens is 1. The summed E-state index contributed by atoms with van der Waals surface area (Å²) in [5, 5.41) is 9.40. The Kier molecular flexibility index (Phi) is 2.57. The van der Waals surface area contributed by atoms with Crippen LogP contribution in [0.15, 0.2) is 24.3 Å². The fourth-order valence-corrected chi connectivity index (χ4v) is 1.13. The van der Waals surface area contributed by atoms with Gasteiger partial charge in [-0.25, -0.2) is 4.39 Å². The molecule has 2 nitrogen and oxygen atoms in total. The van der Waals surface area contributed by atoms with Gasteiger partial charge in [-0.1, -0.05) is 18.2 Å². The summed E-state index contributed by atoms with van der Waals surface area (Å²) < 4.78 is 13.9. The van der Waals surface area contributed by atoms with Gasteiger partial charge in [0.25, 0.3) is 0 Å². The summed E-state index contributed by atoms with van der Waals surface area (Å²) in [6, 6.07) is 5.67. The first kappa shape index (κ1) is 9.99. The van der Waals surface area contributed by atoms with Crippen molar-refractivity contribution in [2.75, 3.05) is 0 Å². The summed E-state index contributed by atoms with van der Waals surface area (Å²) in [6.07, 6.45) is 0. The fraction of sp³-hybridized carbons (Fsp3) is 0.400. The zero-order valence-corrected chi connectivity index (χ0v) is 7.79. The molecular weight excluding hydrogens is 169 g/mol. The number of para-hydroxylation sites is 1. The highest BCUT2D eigenvalue weighted by Gasteiger charge is 2.32. The summed E-state index contributed by atoms with van der Waals surface area (Å²) in [5.41, 5.74) is 4.04. The topological polar surface area (TPSA) is 46.2 Å². The highest BCUT2D eigenvalue weighted by atomic mass is 19.1. The molecule has 1 aromatic carbocycles. The SMILES string of the molecule is CC(N)C(C)(F)c1ccccc1O. The molecule has 0 radical (unpaired) electrons. The van der Waals surface area contributed by atoms with Crippen molar-refractivity contribution in [1.29, 1.82) is 0 Å². The van der Waals surface area contributed by atoms with Crippen molar-refractivity contribution in [3.8, 4) is 5.75 Å². The van der Waals surface area contributed by atoms with Gasteiger partial charge in [-0.2, -0.15) is 0 Å². The third-order valence-corrected chi connectivity index (χ3v) is 2.29. The molecule has 0 saturated carbocycles. The largest absolute Gasteiger partial charge is 0.508 e. The highest BCUT2D eigenvalue weighted by Crippen LogP contribution is 2.34. The minimum absolute atomic E-state index is 0.0511. The van der Waals surface area contributed by atoms with Crippen LogP contribution in [-0.4, -0.2) is 11.1 Å². The van der Waals surface area contributed by atoms with Crippen LogP contribution >= 0.6 is 0 Å². The van der Waals surface area contributed by atoms with Crippen molar-refractivity contribution in [2.45, 2.75) is 25.6 Å². The molecular formula is C10H14FNO. The first-order chi connectivity index (χ1) is 5.96. The Labute approximate surface area is 77.2 Å². The lowest BCUT2D eigenvalue weighted by molar-refractivity contribution is 0.153. The Balaban J connectivity index is 3.14. The van der Waals surface area contributed by atoms with E-state index in [1.807, 2.05) is 0 Å². The van der Waals surface area contributed by atoms with Gasteiger partial charge in [-0.3, -0.25) is 0 Å². The molecule has 0 saturated heterocycles. The van der Waals surface area contributed by atoms with Crippen molar-refractivity contribution >= 4 is 0 Å². The number of benzene rings is 1. The molecule has 2 atom stereocenters. The average molecular weight is 183 g/mol. The van der Waals surface area contributed by atoms with Crippen LogP contribution in [0.4, 0.5) is 4.39 Å². The van der Waals surface area contributed by atoms with Crippen molar-refractivity contribution in [3.63, 3.8) is 0 Å². The maximum Gasteiger partial charge on any atom is 0.151 e. The second-order valence-corrected chi connectivity index (χ2v) is 3.38. The van der Waals surface area contributed by atoms with Gasteiger partial charge in [0.2, 0.25) is 0 Å². The standard InChI is InChI=1S/C10H14FNO/c1-7(12)10(2,11)8-5-3-4-6-9(8)13/h3-7,13H,12H2,1-2H3. The molecule has 0 amide bonds. The third-order valence-electron chi connectivity index (χ3n) is 2.29. The summed E-state index contributed by atoms with van der Waals surface area (Å²) >= 11 is 0. The van der Waals surface area contributed by atoms with Gasteiger partial charge in [-0.05, 0) is 19.9 Å². The summed E-state index contributed by atoms with van der Waals surface area (Å²) in [4.78, 5) is 0. The molecule has 2 unspecified atom stereocenters. The van der Waals surface area contributed by atoms with E-state index < -0.39 is 11.7 Å². The highest BCUT2D eigenvalue weighted by molar-refractivity contribution is 5.37. The van der Waals surface area contributed by atoms with Crippen molar-refractivity contribution in [2.24, 2.45) is 5.73 Å². The number of phenols is 1. The van der Waals surface area contributed by atoms with E-state index in [0.717, 1.165) is 0 Å². The molecule has 0 aliphatic carbocycles. The van der Waals surface area contributed by atoms with E-state index in [2.05, 4.69) is 0 Å². The molecule has 72 valence electrons. The summed E-state index contributed by atoms with van der Waals surface area (Å²) in [7, 11) is 0. The Morgan fingerprint density at radius 1 is 1.46 bits per heavy atom. The number of nitrogens with two attached hydrogens (primary N) is 1. The zero-order valence-electron chi connectivity index (χ0n) is 7.79. The quantitative estimate of drug-likeness (QED) is 0.735. The Morgan fingerprint density at radius 2 is 2.00 bits per heavy atom. The molecule has 0 spiro atoms. The van der Waals surface area contributed by atoms with Crippen LogP contribution < -0.4 is 5.73 Å². The summed E-state index contributed by atoms with van der Waals surface area (Å²) in [6.45, 7) is 2.94. The second kappa shape index (κ2) is 3.34. The van der Waals surface area contributed by atoms with E-state index in [1.165, 1.54) is 13.0 Å². The Hall–Kier alpha value is -1.09. The molecule has 3 N–H and O–H groups in total. The average Bonchev–Trinajstić information content (AvgIpc) is 2.04. The number of hydrogen-bond acceptors (Lipinski definition) is 2. The third kappa shape index (κ3) is 1.80. The van der Waals surface area contributed by atoms with Gasteiger partial charge in [0.05, 0.1) is 0 Å². The van der Waals surface area contributed by atoms with E-state index in [0.29, 0.717) is 0 Å². The van der Waals surface area contributed by atoms with Crippen LogP contribution in [0, 0.1) is 0 Å². The molecule has 0 aliphatic rings. The lowest BCUT2D eigenvalue weighted by Crippen LogP contribution is -2.36. The smallest absolute Gasteiger partial charge is 0.151 e. The normalized spacial score (nSPS) is 17.8. The molecule has 3 heteroatoms. The first-order valence-electron chi connectivity index (χ1n) is 4.19. The number of rotatable bonds is 2. The van der Waals surface area contributed by atoms with E-state index >= 15 is 0 Å². The molecule has 0 bridgehead atoms. The van der Waals surface area contributed by atoms with Gasteiger partial charge >= 0.3 is 0 Å². The minimum atomic E-state index is -1.69. The maximum absolute atomic E-state index is 13.9. The van der Waals surface area contributed by atoms with Crippen LogP contribution in [0.2, 0.25) is 0 Å². The molecule has 0 heterocycles. The first-order valence-corrected chi connectivity index (χ1v) is 4.19. The maximum atomic E-state index is 13.9. The monoisotopic (exact) mass is 183 g/mol. The van der Waals surface area contributed by atoms with Gasteiger partial charge in [0, 0.05) is 11.6 Å². The van der Waals surface area contributed by atoms with Crippen LogP contribution in [-0.2, 0) is 5.67 Å². The molecule has 13 heavy (non-hydrogen) atoms. The number of phenolic OH excluding ortho intramolecular Hbond substituents is 1. The number of alkyl halides is 1. The number of hydrogen-bond donors (Lipinski definition) is 2. The molecule has 1 rings (SSSR count). The van der Waals surface area contributed by atoms with Crippen LogP contribution in [0.25, 0.3) is 0 Å². The lowest BCUT2D eigenvalue weighted by atomic mass is 9.91. The van der Waals surface area contributed by atoms with E-state index in [4.69, 9.17) is 5.73 Å². The van der Waals surface area contributed by atoms with Gasteiger partial charge in [0.1, 0.15) is 5.75 Å². The van der Waals surface area contributed by atoms with E-state index in [9.17, 15) is 9.50 Å². The Bertz CT molecular complexity index is 297. The van der Waals surface area contributed by atoms with Crippen LogP contribution in [0.3, 0.4) is 0 Å². The van der Waals surface area contributed by atoms with Crippen molar-refractivity contribution in [3.05, 3.63) is 29.8 Å². The number of aromatic hydroxyl groups is 1. The molecule has 1 aromatic rings. The van der Waals surface area contributed by atoms with Crippen LogP contribution in [0.5, 0.6) is 5.75 Å². The fourth-order valence-electron chi connectivity index (χ4n) is 1.13. The van der Waals surface area contributed by atoms with Crippen molar-refractivity contribution in [1.82, 2.24) is 0 Å². The predicted octanol–water partition coefficient (Wildman–Crippen LogP) is 1.92.